The quantitative estimate of drug-likeness (QED) is 0.136. The molecule has 0 fully saturated rings. The normalized spacial score (nSPS) is 11.8. The summed E-state index contributed by atoms with van der Waals surface area (Å²) in [6, 6.07) is 88.5. The largest absolute Gasteiger partial charge is 0.456 e. The van der Waals surface area contributed by atoms with E-state index < -0.39 is 0 Å². The molecule has 3 heteroatoms. The van der Waals surface area contributed by atoms with Crippen LogP contribution in [0.5, 0.6) is 0 Å². The average Bonchev–Trinajstić information content (AvgIpc) is 3.76. The molecular formula is C69H56N2O. The molecule has 0 amide bonds. The molecule has 0 atom stereocenters. The van der Waals surface area contributed by atoms with Gasteiger partial charge in [-0.1, -0.05) is 192 Å². The number of fused-ring (bicyclic) bond motifs is 5. The summed E-state index contributed by atoms with van der Waals surface area (Å²) in [5.74, 6) is 0.438. The first-order chi connectivity index (χ1) is 35.1. The molecule has 348 valence electrons. The zero-order valence-electron chi connectivity index (χ0n) is 41.5. The molecule has 0 bridgehead atoms. The summed E-state index contributed by atoms with van der Waals surface area (Å²) in [5, 5.41) is 6.77. The van der Waals surface area contributed by atoms with Gasteiger partial charge < -0.3 is 14.2 Å². The Hall–Kier alpha value is -8.66. The molecule has 0 spiro atoms. The van der Waals surface area contributed by atoms with Crippen LogP contribution in [-0.2, 0) is 5.41 Å². The van der Waals surface area contributed by atoms with Crippen LogP contribution in [0.3, 0.4) is 0 Å². The molecule has 1 heterocycles. The van der Waals surface area contributed by atoms with E-state index in [1.54, 1.807) is 0 Å². The minimum absolute atomic E-state index is 0.0744. The molecule has 0 radical (unpaired) electrons. The molecule has 0 unspecified atom stereocenters. The van der Waals surface area contributed by atoms with Crippen LogP contribution in [0.25, 0.3) is 76.9 Å². The van der Waals surface area contributed by atoms with E-state index in [0.717, 1.165) is 83.2 Å². The summed E-state index contributed by atoms with van der Waals surface area (Å²) in [5.41, 5.74) is 18.1. The fourth-order valence-corrected chi connectivity index (χ4v) is 10.4. The van der Waals surface area contributed by atoms with E-state index in [9.17, 15) is 0 Å². The van der Waals surface area contributed by atoms with Crippen LogP contribution in [0.15, 0.2) is 247 Å². The molecule has 0 aliphatic heterocycles. The fourth-order valence-electron chi connectivity index (χ4n) is 10.4. The van der Waals surface area contributed by atoms with Gasteiger partial charge in [0.05, 0.1) is 11.4 Å². The van der Waals surface area contributed by atoms with E-state index >= 15 is 0 Å². The van der Waals surface area contributed by atoms with Crippen molar-refractivity contribution in [2.24, 2.45) is 0 Å². The smallest absolute Gasteiger partial charge is 0.136 e. The molecule has 1 aromatic heterocycles. The van der Waals surface area contributed by atoms with Crippen LogP contribution < -0.4 is 9.80 Å². The second-order valence-corrected chi connectivity index (χ2v) is 20.4. The lowest BCUT2D eigenvalue weighted by Gasteiger charge is -2.28. The van der Waals surface area contributed by atoms with Crippen LogP contribution in [0.4, 0.5) is 34.1 Å². The van der Waals surface area contributed by atoms with Gasteiger partial charge in [0.1, 0.15) is 11.2 Å². The molecular weight excluding hydrogens is 873 g/mol. The van der Waals surface area contributed by atoms with Crippen molar-refractivity contribution < 1.29 is 4.42 Å². The Morgan fingerprint density at radius 1 is 0.347 bits per heavy atom. The fraction of sp³-hybridized carbons (Fsp3) is 0.101. The van der Waals surface area contributed by atoms with E-state index in [2.05, 4.69) is 287 Å². The first-order valence-corrected chi connectivity index (χ1v) is 25.2. The Balaban J connectivity index is 0.957. The molecule has 12 rings (SSSR count). The molecule has 3 nitrogen and oxygen atoms in total. The number of hydrogen-bond donors (Lipinski definition) is 0. The van der Waals surface area contributed by atoms with E-state index in [1.165, 1.54) is 38.9 Å². The van der Waals surface area contributed by atoms with Crippen molar-refractivity contribution in [3.05, 3.63) is 254 Å². The summed E-state index contributed by atoms with van der Waals surface area (Å²) in [4.78, 5) is 4.79. The average molecular weight is 929 g/mol. The number of hydrogen-bond acceptors (Lipinski definition) is 3. The van der Waals surface area contributed by atoms with Gasteiger partial charge in [0.25, 0.3) is 0 Å². The van der Waals surface area contributed by atoms with Gasteiger partial charge in [0.15, 0.2) is 0 Å². The van der Waals surface area contributed by atoms with Crippen LogP contribution in [0.1, 0.15) is 51.7 Å². The van der Waals surface area contributed by atoms with Crippen molar-refractivity contribution in [1.82, 2.24) is 0 Å². The Morgan fingerprint density at radius 2 is 0.750 bits per heavy atom. The summed E-state index contributed by atoms with van der Waals surface area (Å²) in [6.07, 6.45) is 0. The van der Waals surface area contributed by atoms with Crippen molar-refractivity contribution in [3.63, 3.8) is 0 Å². The van der Waals surface area contributed by atoms with E-state index in [4.69, 9.17) is 4.42 Å². The molecule has 0 saturated carbocycles. The molecule has 11 aromatic carbocycles. The Morgan fingerprint density at radius 3 is 1.24 bits per heavy atom. The van der Waals surface area contributed by atoms with Gasteiger partial charge in [-0.2, -0.15) is 0 Å². The molecule has 0 N–H and O–H groups in total. The minimum atomic E-state index is 0.0744. The summed E-state index contributed by atoms with van der Waals surface area (Å²) >= 11 is 0. The Labute approximate surface area is 422 Å². The highest BCUT2D eigenvalue weighted by molar-refractivity contribution is 6.14. The Bertz CT molecular complexity index is 3900. The predicted octanol–water partition coefficient (Wildman–Crippen LogP) is 20.3. The standard InChI is InChI=1S/C69H56N2O/c1-46(2)47-26-34-57(35-27-47)70(66-23-15-13-21-62(66)51-24-32-56(33-25-51)69(3,4)5)59-38-30-52-42-63-64-43-53-31-39-60(41-55(53)45-68(64)72-67(63)44-54(52)40-59)71(58-36-28-49(29-37-58)48-16-8-6-9-17-48)65-22-14-12-20-61(65)50-18-10-7-11-19-50/h6-46H,1-5H3. The van der Waals surface area contributed by atoms with E-state index in [0.29, 0.717) is 5.92 Å². The van der Waals surface area contributed by atoms with Gasteiger partial charge in [-0.15, -0.1) is 0 Å². The zero-order valence-corrected chi connectivity index (χ0v) is 41.5. The highest BCUT2D eigenvalue weighted by atomic mass is 16.3. The third kappa shape index (κ3) is 8.37. The predicted molar refractivity (Wildman–Crippen MR) is 307 cm³/mol. The minimum Gasteiger partial charge on any atom is -0.456 e. The van der Waals surface area contributed by atoms with Gasteiger partial charge in [0.2, 0.25) is 0 Å². The molecule has 12 aromatic rings. The molecule has 0 aliphatic carbocycles. The topological polar surface area (TPSA) is 19.6 Å². The monoisotopic (exact) mass is 928 g/mol. The maximum atomic E-state index is 6.86. The maximum absolute atomic E-state index is 6.86. The third-order valence-electron chi connectivity index (χ3n) is 14.4. The third-order valence-corrected chi connectivity index (χ3v) is 14.4. The van der Waals surface area contributed by atoms with Crippen molar-refractivity contribution >= 4 is 77.6 Å². The first kappa shape index (κ1) is 44.5. The van der Waals surface area contributed by atoms with Crippen LogP contribution >= 0.6 is 0 Å². The number of furan rings is 1. The lowest BCUT2D eigenvalue weighted by molar-refractivity contribution is 0.590. The van der Waals surface area contributed by atoms with Crippen molar-refractivity contribution in [2.75, 3.05) is 9.80 Å². The van der Waals surface area contributed by atoms with Gasteiger partial charge in [-0.05, 0) is 151 Å². The first-order valence-electron chi connectivity index (χ1n) is 25.2. The van der Waals surface area contributed by atoms with Gasteiger partial charge >= 0.3 is 0 Å². The second kappa shape index (κ2) is 18.3. The summed E-state index contributed by atoms with van der Waals surface area (Å²) in [7, 11) is 0. The number of para-hydroxylation sites is 2. The lowest BCUT2D eigenvalue weighted by Crippen LogP contribution is -2.12. The highest BCUT2D eigenvalue weighted by Gasteiger charge is 2.22. The van der Waals surface area contributed by atoms with Crippen LogP contribution in [-0.4, -0.2) is 0 Å². The number of rotatable bonds is 10. The molecule has 0 saturated heterocycles. The zero-order chi connectivity index (χ0) is 48.9. The summed E-state index contributed by atoms with van der Waals surface area (Å²) in [6.45, 7) is 11.3. The van der Waals surface area contributed by atoms with Crippen LogP contribution in [0.2, 0.25) is 0 Å². The summed E-state index contributed by atoms with van der Waals surface area (Å²) < 4.78 is 6.86. The van der Waals surface area contributed by atoms with E-state index in [1.807, 2.05) is 0 Å². The van der Waals surface area contributed by atoms with Gasteiger partial charge in [-0.3, -0.25) is 0 Å². The molecule has 0 aliphatic rings. The number of nitrogens with zero attached hydrogens (tertiary/aromatic N) is 2. The van der Waals surface area contributed by atoms with E-state index in [-0.39, 0.29) is 5.41 Å². The van der Waals surface area contributed by atoms with Gasteiger partial charge in [0, 0.05) is 44.6 Å². The lowest BCUT2D eigenvalue weighted by atomic mass is 9.86. The van der Waals surface area contributed by atoms with Crippen molar-refractivity contribution in [1.29, 1.82) is 0 Å². The van der Waals surface area contributed by atoms with Gasteiger partial charge in [-0.25, -0.2) is 0 Å². The number of benzene rings is 11. The second-order valence-electron chi connectivity index (χ2n) is 20.4. The van der Waals surface area contributed by atoms with Crippen molar-refractivity contribution in [2.45, 2.75) is 46.0 Å². The SMILES string of the molecule is CC(C)c1ccc(N(c2ccc3cc4c(cc3c2)oc2cc3cc(N(c5ccc(-c6ccccc6)cc5)c5ccccc5-c5ccccc5)ccc3cc24)c2ccccc2-c2ccc(C(C)(C)C)cc2)cc1. The van der Waals surface area contributed by atoms with Crippen molar-refractivity contribution in [3.8, 4) is 33.4 Å². The molecule has 72 heavy (non-hydrogen) atoms. The maximum Gasteiger partial charge on any atom is 0.136 e. The highest BCUT2D eigenvalue weighted by Crippen LogP contribution is 2.46. The number of anilines is 6. The van der Waals surface area contributed by atoms with Crippen LogP contribution in [0, 0.1) is 0 Å². The Kier molecular flexibility index (Phi) is 11.3.